The van der Waals surface area contributed by atoms with Crippen molar-refractivity contribution in [1.82, 2.24) is 5.32 Å². The molecule has 2 N–H and O–H groups in total. The summed E-state index contributed by atoms with van der Waals surface area (Å²) in [7, 11) is 1.35. The number of anilines is 1. The Balaban J connectivity index is 1.84. The van der Waals surface area contributed by atoms with Crippen LogP contribution in [0.15, 0.2) is 66.7 Å². The lowest BCUT2D eigenvalue weighted by Crippen LogP contribution is -2.42. The smallest absolute Gasteiger partial charge is 0.328 e. The number of amides is 1. The number of benzene rings is 3. The van der Waals surface area contributed by atoms with E-state index in [1.807, 2.05) is 49.6 Å². The van der Waals surface area contributed by atoms with Crippen LogP contribution in [0.3, 0.4) is 0 Å². The summed E-state index contributed by atoms with van der Waals surface area (Å²) >= 11 is 1.63. The van der Waals surface area contributed by atoms with Crippen LogP contribution < -0.4 is 10.6 Å². The van der Waals surface area contributed by atoms with E-state index in [-0.39, 0.29) is 5.91 Å². The van der Waals surface area contributed by atoms with Crippen LogP contribution in [0, 0.1) is 6.92 Å². The molecule has 37 heavy (non-hydrogen) atoms. The fraction of sp³-hybridized carbons (Fsp3) is 0.355. The zero-order chi connectivity index (χ0) is 26.6. The van der Waals surface area contributed by atoms with Crippen LogP contribution >= 0.6 is 11.8 Å². The fourth-order valence-electron chi connectivity index (χ4n) is 4.23. The third-order valence-corrected chi connectivity index (χ3v) is 7.08. The average molecular weight is 519 g/mol. The van der Waals surface area contributed by atoms with E-state index in [0.717, 1.165) is 40.1 Å². The van der Waals surface area contributed by atoms with E-state index in [9.17, 15) is 9.59 Å². The maximum Gasteiger partial charge on any atom is 0.328 e. The third-order valence-electron chi connectivity index (χ3n) is 6.44. The zero-order valence-electron chi connectivity index (χ0n) is 22.3. The molecular weight excluding hydrogens is 480 g/mol. The lowest BCUT2D eigenvalue weighted by molar-refractivity contribution is -0.142. The molecule has 0 heterocycles. The molecule has 1 atom stereocenters. The number of thioether (sulfide) groups is 1. The summed E-state index contributed by atoms with van der Waals surface area (Å²) in [6.07, 6.45) is 5.98. The molecule has 0 aliphatic heterocycles. The Morgan fingerprint density at radius 2 is 1.70 bits per heavy atom. The Hall–Kier alpha value is -3.25. The van der Waals surface area contributed by atoms with Gasteiger partial charge in [0.15, 0.2) is 0 Å². The summed E-state index contributed by atoms with van der Waals surface area (Å²) in [6.45, 7) is 4.88. The number of aryl methyl sites for hydroxylation is 2. The van der Waals surface area contributed by atoms with E-state index < -0.39 is 12.0 Å². The van der Waals surface area contributed by atoms with Crippen molar-refractivity contribution < 1.29 is 14.3 Å². The zero-order valence-corrected chi connectivity index (χ0v) is 23.1. The molecule has 0 aliphatic rings. The Labute approximate surface area is 225 Å². The first-order valence-corrected chi connectivity index (χ1v) is 14.3. The SMILES string of the molecule is CCCCc1ccc(NCc2ccc(C(=O)NC(CCSC)C(=O)OC)c(-c3ccccc3C)c2)cc1. The normalized spacial score (nSPS) is 11.6. The molecule has 0 bridgehead atoms. The molecule has 3 rings (SSSR count). The van der Waals surface area contributed by atoms with Crippen LogP contribution in [0.5, 0.6) is 0 Å². The van der Waals surface area contributed by atoms with Crippen LogP contribution in [0.25, 0.3) is 11.1 Å². The standard InChI is InChI=1S/C31H38N2O3S/c1-5-6-10-23-12-15-25(16-13-23)32-21-24-14-17-27(28(20-24)26-11-8-7-9-22(26)2)30(34)33-29(18-19-37-4)31(35)36-3/h7-9,11-17,20,29,32H,5-6,10,18-19,21H2,1-4H3,(H,33,34). The van der Waals surface area contributed by atoms with Crippen LogP contribution in [-0.2, 0) is 22.5 Å². The van der Waals surface area contributed by atoms with Gasteiger partial charge in [-0.25, -0.2) is 4.79 Å². The van der Waals surface area contributed by atoms with Gasteiger partial charge in [0.2, 0.25) is 0 Å². The molecule has 1 amide bonds. The minimum atomic E-state index is -0.684. The van der Waals surface area contributed by atoms with Crippen LogP contribution in [0.2, 0.25) is 0 Å². The molecule has 6 heteroatoms. The Morgan fingerprint density at radius 1 is 0.973 bits per heavy atom. The Kier molecular flexibility index (Phi) is 11.1. The average Bonchev–Trinajstić information content (AvgIpc) is 2.93. The van der Waals surface area contributed by atoms with Crippen LogP contribution in [0.4, 0.5) is 5.69 Å². The lowest BCUT2D eigenvalue weighted by Gasteiger charge is -2.19. The van der Waals surface area contributed by atoms with Gasteiger partial charge >= 0.3 is 5.97 Å². The maximum absolute atomic E-state index is 13.4. The second-order valence-electron chi connectivity index (χ2n) is 9.18. The van der Waals surface area contributed by atoms with E-state index in [0.29, 0.717) is 18.5 Å². The first-order chi connectivity index (χ1) is 18.0. The van der Waals surface area contributed by atoms with Gasteiger partial charge in [0.05, 0.1) is 7.11 Å². The molecule has 0 saturated carbocycles. The first-order valence-electron chi connectivity index (χ1n) is 12.9. The van der Waals surface area contributed by atoms with Gasteiger partial charge in [0, 0.05) is 17.8 Å². The number of ether oxygens (including phenoxy) is 1. The van der Waals surface area contributed by atoms with Crippen molar-refractivity contribution in [1.29, 1.82) is 0 Å². The number of carbonyl (C=O) groups is 2. The maximum atomic E-state index is 13.4. The highest BCUT2D eigenvalue weighted by Gasteiger charge is 2.23. The topological polar surface area (TPSA) is 67.4 Å². The van der Waals surface area contributed by atoms with Crippen LogP contribution in [-0.4, -0.2) is 37.0 Å². The van der Waals surface area contributed by atoms with Gasteiger partial charge in [0.25, 0.3) is 5.91 Å². The van der Waals surface area contributed by atoms with Crippen molar-refractivity contribution in [3.8, 4) is 11.1 Å². The van der Waals surface area contributed by atoms with Gasteiger partial charge in [-0.2, -0.15) is 11.8 Å². The summed E-state index contributed by atoms with van der Waals surface area (Å²) < 4.78 is 4.93. The van der Waals surface area contributed by atoms with Crippen molar-refractivity contribution in [3.05, 3.63) is 89.0 Å². The fourth-order valence-corrected chi connectivity index (χ4v) is 4.71. The van der Waals surface area contributed by atoms with E-state index >= 15 is 0 Å². The third kappa shape index (κ3) is 8.12. The van der Waals surface area contributed by atoms with Crippen molar-refractivity contribution in [2.75, 3.05) is 24.4 Å². The van der Waals surface area contributed by atoms with Crippen molar-refractivity contribution in [2.24, 2.45) is 0 Å². The summed E-state index contributed by atoms with van der Waals surface area (Å²) in [5, 5.41) is 6.40. The highest BCUT2D eigenvalue weighted by atomic mass is 32.2. The molecule has 0 radical (unpaired) electrons. The number of hydrogen-bond acceptors (Lipinski definition) is 5. The van der Waals surface area contributed by atoms with Gasteiger partial charge in [-0.3, -0.25) is 4.79 Å². The van der Waals surface area contributed by atoms with Crippen LogP contribution in [0.1, 0.15) is 53.2 Å². The molecule has 1 unspecified atom stereocenters. The first kappa shape index (κ1) is 28.3. The number of esters is 1. The van der Waals surface area contributed by atoms with Gasteiger partial charge in [-0.15, -0.1) is 0 Å². The number of rotatable bonds is 13. The summed E-state index contributed by atoms with van der Waals surface area (Å²) in [5.41, 5.74) is 6.94. The Morgan fingerprint density at radius 3 is 2.38 bits per heavy atom. The predicted octanol–water partition coefficient (Wildman–Crippen LogP) is 6.64. The Bertz CT molecular complexity index is 1180. The number of nitrogens with one attached hydrogen (secondary N) is 2. The molecular formula is C31H38N2O3S. The molecule has 0 saturated heterocycles. The molecule has 0 aliphatic carbocycles. The van der Waals surface area contributed by atoms with E-state index in [1.165, 1.54) is 25.5 Å². The van der Waals surface area contributed by atoms with Crippen molar-refractivity contribution >= 4 is 29.3 Å². The molecule has 3 aromatic rings. The number of unbranched alkanes of at least 4 members (excludes halogenated alkanes) is 1. The molecule has 3 aromatic carbocycles. The molecule has 0 spiro atoms. The second-order valence-corrected chi connectivity index (χ2v) is 10.2. The highest BCUT2D eigenvalue weighted by molar-refractivity contribution is 7.98. The largest absolute Gasteiger partial charge is 0.467 e. The number of carbonyl (C=O) groups excluding carboxylic acids is 2. The van der Waals surface area contributed by atoms with Gasteiger partial charge in [0.1, 0.15) is 6.04 Å². The van der Waals surface area contributed by atoms with Gasteiger partial charge in [-0.1, -0.05) is 55.8 Å². The van der Waals surface area contributed by atoms with Crippen molar-refractivity contribution in [2.45, 2.75) is 52.1 Å². The number of hydrogen-bond donors (Lipinski definition) is 2. The van der Waals surface area contributed by atoms with E-state index in [2.05, 4.69) is 47.9 Å². The van der Waals surface area contributed by atoms with E-state index in [4.69, 9.17) is 4.74 Å². The van der Waals surface area contributed by atoms with E-state index in [1.54, 1.807) is 11.8 Å². The molecule has 0 aromatic heterocycles. The van der Waals surface area contributed by atoms with Gasteiger partial charge < -0.3 is 15.4 Å². The number of methoxy groups -OCH3 is 1. The highest BCUT2D eigenvalue weighted by Crippen LogP contribution is 2.29. The molecule has 5 nitrogen and oxygen atoms in total. The minimum absolute atomic E-state index is 0.281. The monoisotopic (exact) mass is 518 g/mol. The summed E-state index contributed by atoms with van der Waals surface area (Å²) in [5.74, 6) is 0.0350. The van der Waals surface area contributed by atoms with Crippen molar-refractivity contribution in [3.63, 3.8) is 0 Å². The lowest BCUT2D eigenvalue weighted by atomic mass is 9.93. The molecule has 0 fully saturated rings. The summed E-state index contributed by atoms with van der Waals surface area (Å²) in [4.78, 5) is 25.7. The minimum Gasteiger partial charge on any atom is -0.467 e. The van der Waals surface area contributed by atoms with Gasteiger partial charge in [-0.05, 0) is 90.3 Å². The molecule has 196 valence electrons. The second kappa shape index (κ2) is 14.5. The summed E-state index contributed by atoms with van der Waals surface area (Å²) in [6, 6.07) is 21.8. The quantitative estimate of drug-likeness (QED) is 0.248. The predicted molar refractivity (Wildman–Crippen MR) is 155 cm³/mol.